The summed E-state index contributed by atoms with van der Waals surface area (Å²) < 4.78 is 6.41. The fraction of sp³-hybridized carbons (Fsp3) is 0.385. The number of nitrogens with one attached hydrogen (secondary N) is 1. The van der Waals surface area contributed by atoms with E-state index in [-0.39, 0.29) is 6.54 Å². The molecule has 0 unspecified atom stereocenters. The number of carbonyl (C=O) groups is 1. The number of hydrogen-bond donors (Lipinski definition) is 1. The molecule has 4 nitrogen and oxygen atoms in total. The van der Waals surface area contributed by atoms with Crippen LogP contribution in [-0.2, 0) is 11.3 Å². The van der Waals surface area contributed by atoms with Crippen molar-refractivity contribution in [1.29, 1.82) is 5.26 Å². The average molecular weight is 311 g/mol. The second-order valence-electron chi connectivity index (χ2n) is 4.00. The van der Waals surface area contributed by atoms with Gasteiger partial charge in [0.05, 0.1) is 7.11 Å². The number of nitrogens with zero attached hydrogens (tertiary/aromatic N) is 1. The van der Waals surface area contributed by atoms with Gasteiger partial charge in [-0.05, 0) is 37.5 Å². The summed E-state index contributed by atoms with van der Waals surface area (Å²) in [7, 11) is 1.60. The van der Waals surface area contributed by atoms with Crippen molar-refractivity contribution in [2.75, 3.05) is 7.11 Å². The summed E-state index contributed by atoms with van der Waals surface area (Å²) in [5.74, 6) is 0.109. The molecule has 1 aromatic carbocycles. The fourth-order valence-corrected chi connectivity index (χ4v) is 2.38. The van der Waals surface area contributed by atoms with Crippen LogP contribution in [-0.4, -0.2) is 13.0 Å². The molecule has 1 amide bonds. The van der Waals surface area contributed by atoms with Gasteiger partial charge >= 0.3 is 5.91 Å². The molecular weight excluding hydrogens is 296 g/mol. The van der Waals surface area contributed by atoms with E-state index in [0.717, 1.165) is 32.5 Å². The van der Waals surface area contributed by atoms with E-state index in [9.17, 15) is 4.79 Å². The summed E-state index contributed by atoms with van der Waals surface area (Å²) in [4.78, 5) is 11.0. The number of ether oxygens (including phenoxy) is 1. The van der Waals surface area contributed by atoms with Crippen LogP contribution in [0.3, 0.4) is 0 Å². The molecule has 96 valence electrons. The molecule has 0 saturated carbocycles. The van der Waals surface area contributed by atoms with Crippen molar-refractivity contribution in [1.82, 2.24) is 5.32 Å². The Morgan fingerprint density at radius 3 is 2.44 bits per heavy atom. The second-order valence-corrected chi connectivity index (χ2v) is 4.79. The van der Waals surface area contributed by atoms with Crippen molar-refractivity contribution in [3.05, 3.63) is 26.7 Å². The molecule has 0 aliphatic rings. The van der Waals surface area contributed by atoms with Crippen molar-refractivity contribution in [2.45, 2.75) is 27.3 Å². The van der Waals surface area contributed by atoms with Gasteiger partial charge in [0.2, 0.25) is 0 Å². The fourth-order valence-electron chi connectivity index (χ4n) is 1.84. The number of hydrogen-bond acceptors (Lipinski definition) is 3. The van der Waals surface area contributed by atoms with Crippen LogP contribution in [0.5, 0.6) is 5.75 Å². The van der Waals surface area contributed by atoms with E-state index >= 15 is 0 Å². The Labute approximate surface area is 115 Å². The number of halogens is 1. The predicted octanol–water partition coefficient (Wildman–Crippen LogP) is 2.52. The quantitative estimate of drug-likeness (QED) is 0.873. The van der Waals surface area contributed by atoms with Gasteiger partial charge in [0.25, 0.3) is 0 Å². The Balaban J connectivity index is 3.26. The van der Waals surface area contributed by atoms with Gasteiger partial charge < -0.3 is 10.1 Å². The molecular formula is C13H15BrN2O2. The van der Waals surface area contributed by atoms with Crippen LogP contribution in [0.15, 0.2) is 4.47 Å². The van der Waals surface area contributed by atoms with Crippen LogP contribution >= 0.6 is 15.9 Å². The summed E-state index contributed by atoms with van der Waals surface area (Å²) in [6, 6.07) is 1.53. The van der Waals surface area contributed by atoms with Crippen LogP contribution in [0.1, 0.15) is 22.3 Å². The maximum Gasteiger partial charge on any atom is 0.322 e. The van der Waals surface area contributed by atoms with Gasteiger partial charge in [-0.1, -0.05) is 15.9 Å². The van der Waals surface area contributed by atoms with Crippen molar-refractivity contribution < 1.29 is 9.53 Å². The smallest absolute Gasteiger partial charge is 0.322 e. The number of rotatable bonds is 3. The normalized spacial score (nSPS) is 9.78. The second kappa shape index (κ2) is 5.87. The van der Waals surface area contributed by atoms with Crippen LogP contribution in [0.2, 0.25) is 0 Å². The summed E-state index contributed by atoms with van der Waals surface area (Å²) in [5, 5.41) is 11.0. The lowest BCUT2D eigenvalue weighted by atomic mass is 9.99. The topological polar surface area (TPSA) is 62.1 Å². The minimum atomic E-state index is -0.647. The summed E-state index contributed by atoms with van der Waals surface area (Å²) in [6.07, 6.45) is 0. The zero-order valence-corrected chi connectivity index (χ0v) is 12.4. The molecule has 0 atom stereocenters. The molecule has 5 heteroatoms. The standard InChI is InChI=1S/C13H15BrN2O2/c1-7-8(2)13(18-4)10(9(3)12(7)14)6-16-11(17)5-15/h6H2,1-4H3,(H,16,17). The van der Waals surface area contributed by atoms with Crippen molar-refractivity contribution in [3.63, 3.8) is 0 Å². The molecule has 0 heterocycles. The van der Waals surface area contributed by atoms with Gasteiger partial charge in [-0.2, -0.15) is 5.26 Å². The van der Waals surface area contributed by atoms with Gasteiger partial charge in [-0.3, -0.25) is 4.79 Å². The third-order valence-corrected chi connectivity index (χ3v) is 4.21. The Kier molecular flexibility index (Phi) is 4.74. The lowest BCUT2D eigenvalue weighted by molar-refractivity contribution is -0.116. The van der Waals surface area contributed by atoms with Crippen LogP contribution in [0, 0.1) is 32.1 Å². The molecule has 0 radical (unpaired) electrons. The first-order valence-corrected chi connectivity index (χ1v) is 6.23. The highest BCUT2D eigenvalue weighted by Crippen LogP contribution is 2.35. The molecule has 1 aromatic rings. The lowest BCUT2D eigenvalue weighted by Crippen LogP contribution is -2.22. The number of benzene rings is 1. The summed E-state index contributed by atoms with van der Waals surface area (Å²) >= 11 is 3.53. The Bertz CT molecular complexity index is 533. The van der Waals surface area contributed by atoms with Gasteiger partial charge in [0.1, 0.15) is 5.75 Å². The molecule has 18 heavy (non-hydrogen) atoms. The minimum absolute atomic E-state index is 0.279. The molecule has 0 aliphatic carbocycles. The minimum Gasteiger partial charge on any atom is -0.496 e. The molecule has 0 spiro atoms. The van der Waals surface area contributed by atoms with E-state index in [1.807, 2.05) is 20.8 Å². The first kappa shape index (κ1) is 14.5. The maximum absolute atomic E-state index is 11.0. The first-order valence-electron chi connectivity index (χ1n) is 5.44. The molecule has 1 rings (SSSR count). The van der Waals surface area contributed by atoms with E-state index in [4.69, 9.17) is 10.00 Å². The molecule has 0 aromatic heterocycles. The van der Waals surface area contributed by atoms with E-state index in [1.54, 1.807) is 7.11 Å². The maximum atomic E-state index is 11.0. The first-order chi connectivity index (χ1) is 8.43. The Morgan fingerprint density at radius 2 is 1.94 bits per heavy atom. The van der Waals surface area contributed by atoms with Crippen molar-refractivity contribution in [2.24, 2.45) is 0 Å². The van der Waals surface area contributed by atoms with Crippen LogP contribution in [0.4, 0.5) is 0 Å². The SMILES string of the molecule is COc1c(C)c(C)c(Br)c(C)c1CNC(=O)C#N. The number of nitriles is 1. The monoisotopic (exact) mass is 310 g/mol. The largest absolute Gasteiger partial charge is 0.496 e. The highest BCUT2D eigenvalue weighted by Gasteiger charge is 2.16. The molecule has 0 aliphatic heterocycles. The van der Waals surface area contributed by atoms with E-state index in [1.165, 1.54) is 6.07 Å². The lowest BCUT2D eigenvalue weighted by Gasteiger charge is -2.18. The van der Waals surface area contributed by atoms with E-state index in [0.29, 0.717) is 0 Å². The number of methoxy groups -OCH3 is 1. The molecule has 0 bridgehead atoms. The predicted molar refractivity (Wildman–Crippen MR) is 72.4 cm³/mol. The molecule has 1 N–H and O–H groups in total. The highest BCUT2D eigenvalue weighted by atomic mass is 79.9. The summed E-state index contributed by atoms with van der Waals surface area (Å²) in [6.45, 7) is 6.20. The van der Waals surface area contributed by atoms with Gasteiger partial charge in [0, 0.05) is 16.6 Å². The third kappa shape index (κ3) is 2.65. The number of carbonyl (C=O) groups excluding carboxylic acids is 1. The summed E-state index contributed by atoms with van der Waals surface area (Å²) in [5.41, 5.74) is 4.03. The Morgan fingerprint density at radius 1 is 1.33 bits per heavy atom. The zero-order valence-electron chi connectivity index (χ0n) is 10.8. The molecule has 0 saturated heterocycles. The van der Waals surface area contributed by atoms with Gasteiger partial charge in [-0.25, -0.2) is 0 Å². The van der Waals surface area contributed by atoms with Gasteiger partial charge in [0.15, 0.2) is 6.07 Å². The molecule has 0 fully saturated rings. The van der Waals surface area contributed by atoms with E-state index in [2.05, 4.69) is 21.2 Å². The van der Waals surface area contributed by atoms with E-state index < -0.39 is 5.91 Å². The number of amides is 1. The zero-order chi connectivity index (χ0) is 13.9. The van der Waals surface area contributed by atoms with Gasteiger partial charge in [-0.15, -0.1) is 0 Å². The third-order valence-electron chi connectivity index (χ3n) is 3.02. The van der Waals surface area contributed by atoms with Crippen molar-refractivity contribution in [3.8, 4) is 11.8 Å². The van der Waals surface area contributed by atoms with Crippen molar-refractivity contribution >= 4 is 21.8 Å². The van der Waals surface area contributed by atoms with Crippen LogP contribution in [0.25, 0.3) is 0 Å². The van der Waals surface area contributed by atoms with Crippen LogP contribution < -0.4 is 10.1 Å². The Hall–Kier alpha value is -1.54. The highest BCUT2D eigenvalue weighted by molar-refractivity contribution is 9.10. The average Bonchev–Trinajstić information content (AvgIpc) is 2.38.